The first-order valence-corrected chi connectivity index (χ1v) is 6.29. The summed E-state index contributed by atoms with van der Waals surface area (Å²) in [5.41, 5.74) is 1.03. The van der Waals surface area contributed by atoms with Crippen LogP contribution in [0.4, 0.5) is 5.82 Å². The maximum atomic E-state index is 11.9. The summed E-state index contributed by atoms with van der Waals surface area (Å²) in [6.07, 6.45) is 1.66. The lowest BCUT2D eigenvalue weighted by Gasteiger charge is -2.06. The number of aromatic nitrogens is 1. The van der Waals surface area contributed by atoms with E-state index in [0.717, 1.165) is 5.56 Å². The van der Waals surface area contributed by atoms with Gasteiger partial charge in [-0.05, 0) is 31.2 Å². The molecule has 1 aromatic carbocycles. The maximum absolute atomic E-state index is 11.9. The molecule has 1 aromatic heterocycles. The van der Waals surface area contributed by atoms with Gasteiger partial charge in [0.2, 0.25) is 0 Å². The predicted octanol–water partition coefficient (Wildman–Crippen LogP) is 2.12. The van der Waals surface area contributed by atoms with Gasteiger partial charge in [-0.2, -0.15) is 0 Å². The summed E-state index contributed by atoms with van der Waals surface area (Å²) < 4.78 is 26.2. The lowest BCUT2D eigenvalue weighted by molar-refractivity contribution is 0.601. The van der Waals surface area contributed by atoms with Crippen LogP contribution in [0.5, 0.6) is 0 Å². The van der Waals surface area contributed by atoms with Crippen LogP contribution in [-0.2, 0) is 10.0 Å². The third kappa shape index (κ3) is 2.25. The summed E-state index contributed by atoms with van der Waals surface area (Å²) in [4.78, 5) is 3.04. The van der Waals surface area contributed by atoms with E-state index in [0.29, 0.717) is 5.82 Å². The van der Waals surface area contributed by atoms with Gasteiger partial charge in [0.15, 0.2) is 0 Å². The van der Waals surface area contributed by atoms with E-state index in [1.165, 1.54) is 0 Å². The molecule has 0 atom stereocenters. The standard InChI is InChI=1S/C11H12N2O2S/c1-9-4-6-10(7-5-9)16(14,15)13-11-3-2-8-12-11/h2-8,12-13H,1H3. The average molecular weight is 236 g/mol. The first-order valence-electron chi connectivity index (χ1n) is 4.81. The van der Waals surface area contributed by atoms with E-state index in [1.807, 2.05) is 6.92 Å². The van der Waals surface area contributed by atoms with E-state index in [-0.39, 0.29) is 4.90 Å². The van der Waals surface area contributed by atoms with Crippen molar-refractivity contribution in [3.05, 3.63) is 48.2 Å². The Hall–Kier alpha value is -1.75. The highest BCUT2D eigenvalue weighted by Gasteiger charge is 2.13. The minimum atomic E-state index is -3.48. The summed E-state index contributed by atoms with van der Waals surface area (Å²) in [6.45, 7) is 1.91. The fraction of sp³-hybridized carbons (Fsp3) is 0.0909. The van der Waals surface area contributed by atoms with E-state index in [2.05, 4.69) is 9.71 Å². The van der Waals surface area contributed by atoms with Gasteiger partial charge in [0, 0.05) is 6.20 Å². The molecule has 84 valence electrons. The molecular weight excluding hydrogens is 224 g/mol. The van der Waals surface area contributed by atoms with Crippen LogP contribution in [0.25, 0.3) is 0 Å². The van der Waals surface area contributed by atoms with Crippen molar-refractivity contribution in [2.45, 2.75) is 11.8 Å². The third-order valence-electron chi connectivity index (χ3n) is 2.17. The summed E-state index contributed by atoms with van der Waals surface area (Å²) in [5.74, 6) is 0.459. The van der Waals surface area contributed by atoms with Gasteiger partial charge in [0.25, 0.3) is 10.0 Å². The first kappa shape index (κ1) is 10.8. The number of aromatic amines is 1. The molecule has 0 radical (unpaired) electrons. The number of anilines is 1. The van der Waals surface area contributed by atoms with Gasteiger partial charge < -0.3 is 4.98 Å². The lowest BCUT2D eigenvalue weighted by Crippen LogP contribution is -2.12. The zero-order valence-electron chi connectivity index (χ0n) is 8.77. The molecule has 4 nitrogen and oxygen atoms in total. The van der Waals surface area contributed by atoms with Gasteiger partial charge in [0.1, 0.15) is 5.82 Å². The van der Waals surface area contributed by atoms with Crippen LogP contribution in [0.2, 0.25) is 0 Å². The molecule has 2 aromatic rings. The zero-order chi connectivity index (χ0) is 11.6. The molecule has 0 fully saturated rings. The molecule has 1 heterocycles. The van der Waals surface area contributed by atoms with Crippen LogP contribution >= 0.6 is 0 Å². The topological polar surface area (TPSA) is 62.0 Å². The van der Waals surface area contributed by atoms with Crippen molar-refractivity contribution in [3.63, 3.8) is 0 Å². The normalized spacial score (nSPS) is 11.3. The Morgan fingerprint density at radius 2 is 1.81 bits per heavy atom. The highest BCUT2D eigenvalue weighted by atomic mass is 32.2. The number of H-pyrrole nitrogens is 1. The molecule has 5 heteroatoms. The Morgan fingerprint density at radius 1 is 1.12 bits per heavy atom. The summed E-state index contributed by atoms with van der Waals surface area (Å²) in [7, 11) is -3.48. The fourth-order valence-electron chi connectivity index (χ4n) is 1.31. The molecular formula is C11H12N2O2S. The number of benzene rings is 1. The Labute approximate surface area is 94.4 Å². The Balaban J connectivity index is 2.29. The molecule has 0 aliphatic carbocycles. The molecule has 0 unspecified atom stereocenters. The van der Waals surface area contributed by atoms with Crippen molar-refractivity contribution in [1.82, 2.24) is 4.98 Å². The molecule has 0 saturated carbocycles. The molecule has 0 saturated heterocycles. The fourth-order valence-corrected chi connectivity index (χ4v) is 2.34. The minimum Gasteiger partial charge on any atom is -0.348 e. The Kier molecular flexibility index (Phi) is 2.70. The number of nitrogens with one attached hydrogen (secondary N) is 2. The molecule has 0 aliphatic heterocycles. The van der Waals surface area contributed by atoms with Crippen LogP contribution in [0.1, 0.15) is 5.56 Å². The van der Waals surface area contributed by atoms with Crippen LogP contribution in [0, 0.1) is 6.92 Å². The summed E-state index contributed by atoms with van der Waals surface area (Å²) >= 11 is 0. The second kappa shape index (κ2) is 4.02. The highest BCUT2D eigenvalue weighted by Crippen LogP contribution is 2.14. The van der Waals surface area contributed by atoms with Gasteiger partial charge in [0.05, 0.1) is 4.90 Å². The number of hydrogen-bond donors (Lipinski definition) is 2. The monoisotopic (exact) mass is 236 g/mol. The van der Waals surface area contributed by atoms with Crippen LogP contribution in [0.3, 0.4) is 0 Å². The van der Waals surface area contributed by atoms with Gasteiger partial charge >= 0.3 is 0 Å². The van der Waals surface area contributed by atoms with E-state index >= 15 is 0 Å². The number of rotatable bonds is 3. The molecule has 0 bridgehead atoms. The second-order valence-electron chi connectivity index (χ2n) is 3.50. The third-order valence-corrected chi connectivity index (χ3v) is 3.55. The van der Waals surface area contributed by atoms with Crippen molar-refractivity contribution < 1.29 is 8.42 Å². The average Bonchev–Trinajstić information content (AvgIpc) is 2.70. The smallest absolute Gasteiger partial charge is 0.262 e. The van der Waals surface area contributed by atoms with Crippen LogP contribution in [0.15, 0.2) is 47.5 Å². The van der Waals surface area contributed by atoms with E-state index in [4.69, 9.17) is 0 Å². The van der Waals surface area contributed by atoms with Crippen molar-refractivity contribution in [3.8, 4) is 0 Å². The quantitative estimate of drug-likeness (QED) is 0.857. The van der Waals surface area contributed by atoms with Gasteiger partial charge in [-0.1, -0.05) is 17.7 Å². The Morgan fingerprint density at radius 3 is 2.38 bits per heavy atom. The van der Waals surface area contributed by atoms with Gasteiger partial charge in [-0.25, -0.2) is 8.42 Å². The van der Waals surface area contributed by atoms with Crippen molar-refractivity contribution in [2.75, 3.05) is 4.72 Å². The van der Waals surface area contributed by atoms with E-state index in [1.54, 1.807) is 42.6 Å². The molecule has 0 amide bonds. The molecule has 2 rings (SSSR count). The molecule has 0 spiro atoms. The zero-order valence-corrected chi connectivity index (χ0v) is 9.58. The second-order valence-corrected chi connectivity index (χ2v) is 5.18. The first-order chi connectivity index (χ1) is 7.58. The minimum absolute atomic E-state index is 0.257. The lowest BCUT2D eigenvalue weighted by atomic mass is 10.2. The van der Waals surface area contributed by atoms with E-state index < -0.39 is 10.0 Å². The summed E-state index contributed by atoms with van der Waals surface area (Å²) in [5, 5.41) is 0. The summed E-state index contributed by atoms with van der Waals surface area (Å²) in [6, 6.07) is 10.1. The van der Waals surface area contributed by atoms with Gasteiger partial charge in [-0.15, -0.1) is 0 Å². The van der Waals surface area contributed by atoms with Crippen molar-refractivity contribution in [1.29, 1.82) is 0 Å². The SMILES string of the molecule is Cc1ccc(S(=O)(=O)Nc2ccc[nH]2)cc1. The predicted molar refractivity (Wildman–Crippen MR) is 62.8 cm³/mol. The van der Waals surface area contributed by atoms with Gasteiger partial charge in [-0.3, -0.25) is 4.72 Å². The maximum Gasteiger partial charge on any atom is 0.262 e. The molecule has 2 N–H and O–H groups in total. The van der Waals surface area contributed by atoms with Crippen LogP contribution in [-0.4, -0.2) is 13.4 Å². The molecule has 0 aliphatic rings. The van der Waals surface area contributed by atoms with Crippen molar-refractivity contribution >= 4 is 15.8 Å². The van der Waals surface area contributed by atoms with Crippen molar-refractivity contribution in [2.24, 2.45) is 0 Å². The van der Waals surface area contributed by atoms with E-state index in [9.17, 15) is 8.42 Å². The largest absolute Gasteiger partial charge is 0.348 e. The number of hydrogen-bond acceptors (Lipinski definition) is 2. The molecule has 16 heavy (non-hydrogen) atoms. The Bertz CT molecular complexity index is 557. The van der Waals surface area contributed by atoms with Crippen LogP contribution < -0.4 is 4.72 Å². The number of aryl methyl sites for hydroxylation is 1. The number of sulfonamides is 1. The highest BCUT2D eigenvalue weighted by molar-refractivity contribution is 7.92.